The standard InChI is InChI=1S/C20H17N5O/c1-13-5-3-8-17(14(13)2)25-19-10-18(22-12-23-19)20(26)24-16-7-4-6-15(9-16)11-21/h3-10,12H,1-2H3,(H,24,26)(H,22,23,25). The fourth-order valence-corrected chi connectivity index (χ4v) is 2.44. The van der Waals surface area contributed by atoms with Gasteiger partial charge in [0.15, 0.2) is 0 Å². The van der Waals surface area contributed by atoms with E-state index in [2.05, 4.69) is 20.6 Å². The van der Waals surface area contributed by atoms with E-state index >= 15 is 0 Å². The number of hydrogen-bond acceptors (Lipinski definition) is 5. The molecule has 3 rings (SSSR count). The Labute approximate surface area is 151 Å². The van der Waals surface area contributed by atoms with E-state index in [4.69, 9.17) is 5.26 Å². The molecule has 128 valence electrons. The zero-order chi connectivity index (χ0) is 18.5. The first-order valence-electron chi connectivity index (χ1n) is 8.03. The predicted molar refractivity (Wildman–Crippen MR) is 100 cm³/mol. The zero-order valence-corrected chi connectivity index (χ0v) is 14.4. The summed E-state index contributed by atoms with van der Waals surface area (Å²) in [7, 11) is 0. The third-order valence-electron chi connectivity index (χ3n) is 4.02. The average molecular weight is 343 g/mol. The van der Waals surface area contributed by atoms with Gasteiger partial charge in [-0.3, -0.25) is 4.79 Å². The summed E-state index contributed by atoms with van der Waals surface area (Å²) in [6, 6.07) is 16.3. The van der Waals surface area contributed by atoms with Crippen LogP contribution in [0.4, 0.5) is 17.2 Å². The summed E-state index contributed by atoms with van der Waals surface area (Å²) < 4.78 is 0. The first-order chi connectivity index (χ1) is 12.6. The van der Waals surface area contributed by atoms with Crippen molar-refractivity contribution in [3.05, 3.63) is 77.2 Å². The molecule has 0 aliphatic heterocycles. The molecule has 0 spiro atoms. The lowest BCUT2D eigenvalue weighted by Gasteiger charge is -2.11. The third kappa shape index (κ3) is 3.84. The van der Waals surface area contributed by atoms with Gasteiger partial charge in [-0.25, -0.2) is 9.97 Å². The van der Waals surface area contributed by atoms with Crippen LogP contribution in [-0.2, 0) is 0 Å². The van der Waals surface area contributed by atoms with Crippen molar-refractivity contribution >= 4 is 23.1 Å². The first kappa shape index (κ1) is 17.1. The molecule has 26 heavy (non-hydrogen) atoms. The van der Waals surface area contributed by atoms with Gasteiger partial charge in [-0.1, -0.05) is 18.2 Å². The van der Waals surface area contributed by atoms with E-state index in [1.54, 1.807) is 30.3 Å². The minimum absolute atomic E-state index is 0.232. The Morgan fingerprint density at radius 1 is 1.08 bits per heavy atom. The minimum Gasteiger partial charge on any atom is -0.340 e. The van der Waals surface area contributed by atoms with Gasteiger partial charge in [0.2, 0.25) is 0 Å². The highest BCUT2D eigenvalue weighted by Crippen LogP contribution is 2.22. The van der Waals surface area contributed by atoms with Gasteiger partial charge >= 0.3 is 0 Å². The number of aromatic nitrogens is 2. The summed E-state index contributed by atoms with van der Waals surface area (Å²) >= 11 is 0. The highest BCUT2D eigenvalue weighted by molar-refractivity contribution is 6.03. The lowest BCUT2D eigenvalue weighted by Crippen LogP contribution is -2.14. The van der Waals surface area contributed by atoms with Crippen molar-refractivity contribution in [3.63, 3.8) is 0 Å². The van der Waals surface area contributed by atoms with Crippen LogP contribution in [-0.4, -0.2) is 15.9 Å². The molecule has 0 atom stereocenters. The van der Waals surface area contributed by atoms with Gasteiger partial charge in [0, 0.05) is 17.4 Å². The van der Waals surface area contributed by atoms with E-state index in [9.17, 15) is 4.79 Å². The van der Waals surface area contributed by atoms with Gasteiger partial charge in [0.25, 0.3) is 5.91 Å². The van der Waals surface area contributed by atoms with Gasteiger partial charge < -0.3 is 10.6 Å². The number of rotatable bonds is 4. The van der Waals surface area contributed by atoms with Gasteiger partial charge in [-0.15, -0.1) is 0 Å². The van der Waals surface area contributed by atoms with E-state index < -0.39 is 0 Å². The quantitative estimate of drug-likeness (QED) is 0.748. The molecule has 0 unspecified atom stereocenters. The van der Waals surface area contributed by atoms with E-state index in [1.165, 1.54) is 11.9 Å². The summed E-state index contributed by atoms with van der Waals surface area (Å²) in [5.41, 5.74) is 4.45. The van der Waals surface area contributed by atoms with E-state index in [0.29, 0.717) is 17.1 Å². The van der Waals surface area contributed by atoms with Crippen LogP contribution in [0.15, 0.2) is 54.9 Å². The van der Waals surface area contributed by atoms with Crippen LogP contribution in [0, 0.1) is 25.2 Å². The second kappa shape index (κ2) is 7.45. The molecular formula is C20H17N5O. The van der Waals surface area contributed by atoms with Crippen LogP contribution in [0.1, 0.15) is 27.2 Å². The fourth-order valence-electron chi connectivity index (χ4n) is 2.44. The molecule has 1 heterocycles. The van der Waals surface area contributed by atoms with Crippen molar-refractivity contribution in [2.24, 2.45) is 0 Å². The molecule has 2 aromatic carbocycles. The van der Waals surface area contributed by atoms with Crippen molar-refractivity contribution in [3.8, 4) is 6.07 Å². The molecule has 0 radical (unpaired) electrons. The van der Waals surface area contributed by atoms with Gasteiger partial charge in [-0.2, -0.15) is 5.26 Å². The second-order valence-electron chi connectivity index (χ2n) is 5.81. The number of carbonyl (C=O) groups is 1. The lowest BCUT2D eigenvalue weighted by molar-refractivity contribution is 0.102. The molecule has 6 heteroatoms. The smallest absolute Gasteiger partial charge is 0.274 e. The Morgan fingerprint density at radius 3 is 2.69 bits per heavy atom. The van der Waals surface area contributed by atoms with Crippen LogP contribution in [0.25, 0.3) is 0 Å². The van der Waals surface area contributed by atoms with E-state index in [1.807, 2.05) is 38.1 Å². The highest BCUT2D eigenvalue weighted by Gasteiger charge is 2.10. The number of amides is 1. The molecule has 0 saturated carbocycles. The monoisotopic (exact) mass is 343 g/mol. The topological polar surface area (TPSA) is 90.7 Å². The summed E-state index contributed by atoms with van der Waals surface area (Å²) in [4.78, 5) is 20.6. The number of hydrogen-bond donors (Lipinski definition) is 2. The van der Waals surface area contributed by atoms with Gasteiger partial charge in [0.05, 0.1) is 11.6 Å². The van der Waals surface area contributed by atoms with Crippen molar-refractivity contribution in [1.82, 2.24) is 9.97 Å². The lowest BCUT2D eigenvalue weighted by atomic mass is 10.1. The van der Waals surface area contributed by atoms with Gasteiger partial charge in [0.1, 0.15) is 17.8 Å². The normalized spacial score (nSPS) is 10.0. The van der Waals surface area contributed by atoms with E-state index in [0.717, 1.165) is 11.3 Å². The Hall–Kier alpha value is -3.72. The van der Waals surface area contributed by atoms with E-state index in [-0.39, 0.29) is 11.6 Å². The number of carbonyl (C=O) groups excluding carboxylic acids is 1. The van der Waals surface area contributed by atoms with Crippen molar-refractivity contribution < 1.29 is 4.79 Å². The minimum atomic E-state index is -0.369. The van der Waals surface area contributed by atoms with Crippen molar-refractivity contribution in [2.45, 2.75) is 13.8 Å². The van der Waals surface area contributed by atoms with Crippen molar-refractivity contribution in [2.75, 3.05) is 10.6 Å². The molecule has 0 aliphatic carbocycles. The maximum atomic E-state index is 12.4. The number of benzene rings is 2. The molecule has 1 amide bonds. The molecular weight excluding hydrogens is 326 g/mol. The SMILES string of the molecule is Cc1cccc(Nc2cc(C(=O)Nc3cccc(C#N)c3)ncn2)c1C. The average Bonchev–Trinajstić information content (AvgIpc) is 2.66. The predicted octanol–water partition coefficient (Wildman–Crippen LogP) is 3.96. The molecule has 1 aromatic heterocycles. The molecule has 2 N–H and O–H groups in total. The number of nitrogens with zero attached hydrogens (tertiary/aromatic N) is 3. The molecule has 0 bridgehead atoms. The maximum Gasteiger partial charge on any atom is 0.274 e. The van der Waals surface area contributed by atoms with Crippen molar-refractivity contribution in [1.29, 1.82) is 5.26 Å². The van der Waals surface area contributed by atoms with Crippen LogP contribution < -0.4 is 10.6 Å². The number of aryl methyl sites for hydroxylation is 1. The number of nitriles is 1. The zero-order valence-electron chi connectivity index (χ0n) is 14.4. The van der Waals surface area contributed by atoms with Crippen LogP contribution in [0.5, 0.6) is 0 Å². The Kier molecular flexibility index (Phi) is 4.90. The molecule has 0 aliphatic rings. The Morgan fingerprint density at radius 2 is 1.88 bits per heavy atom. The first-order valence-corrected chi connectivity index (χ1v) is 8.03. The summed E-state index contributed by atoms with van der Waals surface area (Å²) in [5.74, 6) is 0.163. The molecule has 0 saturated heterocycles. The molecule has 3 aromatic rings. The third-order valence-corrected chi connectivity index (χ3v) is 4.02. The second-order valence-corrected chi connectivity index (χ2v) is 5.81. The Balaban J connectivity index is 1.79. The van der Waals surface area contributed by atoms with Gasteiger partial charge in [-0.05, 0) is 49.2 Å². The molecule has 6 nitrogen and oxygen atoms in total. The Bertz CT molecular complexity index is 1010. The largest absolute Gasteiger partial charge is 0.340 e. The maximum absolute atomic E-state index is 12.4. The summed E-state index contributed by atoms with van der Waals surface area (Å²) in [6.45, 7) is 4.06. The molecule has 0 fully saturated rings. The van der Waals surface area contributed by atoms with Crippen LogP contribution >= 0.6 is 0 Å². The number of nitrogens with one attached hydrogen (secondary N) is 2. The highest BCUT2D eigenvalue weighted by atomic mass is 16.1. The van der Waals surface area contributed by atoms with Crippen LogP contribution in [0.3, 0.4) is 0 Å². The fraction of sp³-hybridized carbons (Fsp3) is 0.100. The summed E-state index contributed by atoms with van der Waals surface area (Å²) in [6.07, 6.45) is 1.34. The summed E-state index contributed by atoms with van der Waals surface area (Å²) in [5, 5.41) is 14.9. The number of anilines is 3. The van der Waals surface area contributed by atoms with Crippen LogP contribution in [0.2, 0.25) is 0 Å².